The number of nitrogens with zero attached hydrogens (tertiary/aromatic N) is 1. The van der Waals surface area contributed by atoms with Crippen molar-refractivity contribution in [2.45, 2.75) is 4.90 Å². The standard InChI is InChI=1S/C20H18N2O4S/c1-26-19-13-16(27(2,24)25)9-10-17(19)20(23)22-15-7-5-6-14(12-15)18-8-3-4-11-21-18/h3-13H,1-2H3,(H,22,23). The Morgan fingerprint density at radius 1 is 1.04 bits per heavy atom. The molecule has 138 valence electrons. The van der Waals surface area contributed by atoms with E-state index >= 15 is 0 Å². The van der Waals surface area contributed by atoms with E-state index in [1.165, 1.54) is 25.3 Å². The minimum atomic E-state index is -3.39. The van der Waals surface area contributed by atoms with Crippen LogP contribution in [-0.4, -0.2) is 32.7 Å². The molecule has 0 saturated carbocycles. The summed E-state index contributed by atoms with van der Waals surface area (Å²) in [6.45, 7) is 0. The molecule has 1 amide bonds. The quantitative estimate of drug-likeness (QED) is 0.731. The summed E-state index contributed by atoms with van der Waals surface area (Å²) in [4.78, 5) is 17.0. The fraction of sp³-hybridized carbons (Fsp3) is 0.100. The van der Waals surface area contributed by atoms with Crippen LogP contribution in [0.15, 0.2) is 71.8 Å². The van der Waals surface area contributed by atoms with Crippen molar-refractivity contribution in [3.63, 3.8) is 0 Å². The maximum absolute atomic E-state index is 12.6. The van der Waals surface area contributed by atoms with Gasteiger partial charge in [0, 0.05) is 23.7 Å². The lowest BCUT2D eigenvalue weighted by molar-refractivity contribution is 0.102. The van der Waals surface area contributed by atoms with Crippen LogP contribution < -0.4 is 10.1 Å². The van der Waals surface area contributed by atoms with Crippen molar-refractivity contribution in [2.24, 2.45) is 0 Å². The Morgan fingerprint density at radius 3 is 2.52 bits per heavy atom. The van der Waals surface area contributed by atoms with E-state index in [1.807, 2.05) is 36.4 Å². The predicted octanol–water partition coefficient (Wildman–Crippen LogP) is 3.41. The summed E-state index contributed by atoms with van der Waals surface area (Å²) >= 11 is 0. The Balaban J connectivity index is 1.88. The number of benzene rings is 2. The van der Waals surface area contributed by atoms with Gasteiger partial charge >= 0.3 is 0 Å². The van der Waals surface area contributed by atoms with E-state index in [-0.39, 0.29) is 16.2 Å². The van der Waals surface area contributed by atoms with E-state index < -0.39 is 15.7 Å². The molecule has 0 aliphatic heterocycles. The zero-order valence-corrected chi connectivity index (χ0v) is 15.7. The second kappa shape index (κ2) is 7.59. The molecule has 0 atom stereocenters. The molecule has 3 aromatic rings. The first kappa shape index (κ1) is 18.6. The molecule has 7 heteroatoms. The summed E-state index contributed by atoms with van der Waals surface area (Å²) < 4.78 is 28.6. The Labute approximate surface area is 157 Å². The van der Waals surface area contributed by atoms with Gasteiger partial charge in [-0.2, -0.15) is 0 Å². The number of aromatic nitrogens is 1. The van der Waals surface area contributed by atoms with Crippen LogP contribution in [-0.2, 0) is 9.84 Å². The SMILES string of the molecule is COc1cc(S(C)(=O)=O)ccc1C(=O)Nc1cccc(-c2ccccn2)c1. The third kappa shape index (κ3) is 4.32. The molecule has 0 radical (unpaired) electrons. The molecule has 0 unspecified atom stereocenters. The maximum Gasteiger partial charge on any atom is 0.259 e. The van der Waals surface area contributed by atoms with E-state index in [0.29, 0.717) is 5.69 Å². The molecule has 2 aromatic carbocycles. The number of hydrogen-bond donors (Lipinski definition) is 1. The number of carbonyl (C=O) groups is 1. The average Bonchev–Trinajstić information content (AvgIpc) is 2.67. The number of sulfone groups is 1. The van der Waals surface area contributed by atoms with Crippen molar-refractivity contribution in [3.05, 3.63) is 72.4 Å². The highest BCUT2D eigenvalue weighted by atomic mass is 32.2. The van der Waals surface area contributed by atoms with Crippen molar-refractivity contribution >= 4 is 21.4 Å². The summed E-state index contributed by atoms with van der Waals surface area (Å²) in [6.07, 6.45) is 2.80. The molecule has 0 saturated heterocycles. The van der Waals surface area contributed by atoms with E-state index in [4.69, 9.17) is 4.74 Å². The number of anilines is 1. The molecule has 0 bridgehead atoms. The first-order chi connectivity index (χ1) is 12.9. The molecule has 3 rings (SSSR count). The number of rotatable bonds is 5. The Morgan fingerprint density at radius 2 is 1.85 bits per heavy atom. The lowest BCUT2D eigenvalue weighted by Gasteiger charge is -2.11. The summed E-state index contributed by atoms with van der Waals surface area (Å²) in [7, 11) is -2.00. The molecule has 0 aliphatic rings. The summed E-state index contributed by atoms with van der Waals surface area (Å²) in [5, 5.41) is 2.81. The number of methoxy groups -OCH3 is 1. The number of ether oxygens (including phenoxy) is 1. The minimum absolute atomic E-state index is 0.0908. The van der Waals surface area contributed by atoms with Gasteiger partial charge in [0.2, 0.25) is 0 Å². The van der Waals surface area contributed by atoms with Crippen LogP contribution in [0.1, 0.15) is 10.4 Å². The topological polar surface area (TPSA) is 85.4 Å². The van der Waals surface area contributed by atoms with Crippen LogP contribution in [0.4, 0.5) is 5.69 Å². The highest BCUT2D eigenvalue weighted by molar-refractivity contribution is 7.90. The summed E-state index contributed by atoms with van der Waals surface area (Å²) in [6, 6.07) is 17.1. The van der Waals surface area contributed by atoms with Crippen molar-refractivity contribution in [2.75, 3.05) is 18.7 Å². The Hall–Kier alpha value is -3.19. The molecule has 1 aromatic heterocycles. The smallest absolute Gasteiger partial charge is 0.259 e. The normalized spacial score (nSPS) is 11.0. The van der Waals surface area contributed by atoms with Crippen LogP contribution >= 0.6 is 0 Å². The van der Waals surface area contributed by atoms with E-state index in [0.717, 1.165) is 17.5 Å². The fourth-order valence-corrected chi connectivity index (χ4v) is 3.21. The van der Waals surface area contributed by atoms with Gasteiger partial charge in [0.1, 0.15) is 5.75 Å². The van der Waals surface area contributed by atoms with Crippen LogP contribution in [0.25, 0.3) is 11.3 Å². The largest absolute Gasteiger partial charge is 0.496 e. The van der Waals surface area contributed by atoms with Crippen LogP contribution in [0.2, 0.25) is 0 Å². The van der Waals surface area contributed by atoms with Gasteiger partial charge in [-0.1, -0.05) is 18.2 Å². The second-order valence-electron chi connectivity index (χ2n) is 5.88. The predicted molar refractivity (Wildman–Crippen MR) is 104 cm³/mol. The van der Waals surface area contributed by atoms with Crippen LogP contribution in [0.5, 0.6) is 5.75 Å². The average molecular weight is 382 g/mol. The number of pyridine rings is 1. The van der Waals surface area contributed by atoms with Crippen LogP contribution in [0, 0.1) is 0 Å². The fourth-order valence-electron chi connectivity index (χ4n) is 2.58. The Bertz CT molecular complexity index is 1080. The minimum Gasteiger partial charge on any atom is -0.496 e. The number of amides is 1. The van der Waals surface area contributed by atoms with Crippen molar-refractivity contribution in [1.29, 1.82) is 0 Å². The summed E-state index contributed by atoms with van der Waals surface area (Å²) in [5.74, 6) is -0.207. The molecule has 6 nitrogen and oxygen atoms in total. The number of carbonyl (C=O) groups excluding carboxylic acids is 1. The van der Waals surface area contributed by atoms with Gasteiger partial charge in [-0.15, -0.1) is 0 Å². The lowest BCUT2D eigenvalue weighted by atomic mass is 10.1. The molecule has 27 heavy (non-hydrogen) atoms. The third-order valence-electron chi connectivity index (χ3n) is 3.93. The van der Waals surface area contributed by atoms with Gasteiger partial charge in [-0.3, -0.25) is 9.78 Å². The van der Waals surface area contributed by atoms with Gasteiger partial charge in [0.25, 0.3) is 5.91 Å². The van der Waals surface area contributed by atoms with Crippen molar-refractivity contribution in [1.82, 2.24) is 4.98 Å². The molecule has 1 heterocycles. The van der Waals surface area contributed by atoms with E-state index in [9.17, 15) is 13.2 Å². The first-order valence-corrected chi connectivity index (χ1v) is 9.98. The second-order valence-corrected chi connectivity index (χ2v) is 7.90. The molecule has 1 N–H and O–H groups in total. The molecule has 0 fully saturated rings. The maximum atomic E-state index is 12.6. The zero-order valence-electron chi connectivity index (χ0n) is 14.8. The van der Waals surface area contributed by atoms with Crippen LogP contribution in [0.3, 0.4) is 0 Å². The summed E-state index contributed by atoms with van der Waals surface area (Å²) in [5.41, 5.74) is 2.50. The molecule has 0 aliphatic carbocycles. The van der Waals surface area contributed by atoms with Gasteiger partial charge in [-0.25, -0.2) is 8.42 Å². The first-order valence-electron chi connectivity index (χ1n) is 8.09. The van der Waals surface area contributed by atoms with Gasteiger partial charge in [-0.05, 0) is 42.5 Å². The monoisotopic (exact) mass is 382 g/mol. The van der Waals surface area contributed by atoms with Crippen molar-refractivity contribution in [3.8, 4) is 17.0 Å². The number of hydrogen-bond acceptors (Lipinski definition) is 5. The highest BCUT2D eigenvalue weighted by Gasteiger charge is 2.17. The van der Waals surface area contributed by atoms with Gasteiger partial charge in [0.15, 0.2) is 9.84 Å². The van der Waals surface area contributed by atoms with Gasteiger partial charge < -0.3 is 10.1 Å². The van der Waals surface area contributed by atoms with Crippen molar-refractivity contribution < 1.29 is 17.9 Å². The Kier molecular flexibility index (Phi) is 5.23. The highest BCUT2D eigenvalue weighted by Crippen LogP contribution is 2.25. The van der Waals surface area contributed by atoms with E-state index in [1.54, 1.807) is 12.3 Å². The number of nitrogens with one attached hydrogen (secondary N) is 1. The molecule has 0 spiro atoms. The van der Waals surface area contributed by atoms with E-state index in [2.05, 4.69) is 10.3 Å². The molecular formula is C20H18N2O4S. The third-order valence-corrected chi connectivity index (χ3v) is 5.04. The lowest BCUT2D eigenvalue weighted by Crippen LogP contribution is -2.13. The molecular weight excluding hydrogens is 364 g/mol. The zero-order chi connectivity index (χ0) is 19.4. The van der Waals surface area contributed by atoms with Gasteiger partial charge in [0.05, 0.1) is 23.3 Å².